The lowest BCUT2D eigenvalue weighted by Crippen LogP contribution is -2.43. The molecule has 3 atom stereocenters. The molecule has 0 radical (unpaired) electrons. The molecule has 0 unspecified atom stereocenters. The summed E-state index contributed by atoms with van der Waals surface area (Å²) in [5.74, 6) is -1.47. The van der Waals surface area contributed by atoms with Crippen LogP contribution in [0, 0.1) is 5.92 Å². The summed E-state index contributed by atoms with van der Waals surface area (Å²) in [6, 6.07) is 0. The minimum atomic E-state index is -1.81. The molecule has 110 valence electrons. The Kier molecular flexibility index (Phi) is 5.04. The van der Waals surface area contributed by atoms with Crippen LogP contribution in [0.3, 0.4) is 0 Å². The number of carbonyl (C=O) groups excluding carboxylic acids is 1. The first-order valence-corrected chi connectivity index (χ1v) is 6.11. The summed E-state index contributed by atoms with van der Waals surface area (Å²) in [5, 5.41) is 0. The third-order valence-corrected chi connectivity index (χ3v) is 2.78. The smallest absolute Gasteiger partial charge is 0.314 e. The van der Waals surface area contributed by atoms with Crippen LogP contribution in [0.25, 0.3) is 0 Å². The van der Waals surface area contributed by atoms with Crippen molar-refractivity contribution in [1.29, 1.82) is 0 Å². The standard InChI is InChI=1S/C13H20F2O4/c1-7-8(10(14)15)6-9(12(17-5)18-7)11(16)19-13(2,3)4/h7,9,12H,6H2,1-5H3/t7-,9+,12+/m1/s1. The molecule has 1 saturated heterocycles. The SMILES string of the molecule is CO[C@H]1O[C@H](C)C(=C(F)F)C[C@H]1C(=O)OC(C)(C)C. The number of halogens is 2. The molecule has 0 aromatic carbocycles. The number of rotatable bonds is 2. The van der Waals surface area contributed by atoms with Gasteiger partial charge in [0.25, 0.3) is 6.08 Å². The number of esters is 1. The predicted molar refractivity (Wildman–Crippen MR) is 64.5 cm³/mol. The van der Waals surface area contributed by atoms with E-state index >= 15 is 0 Å². The monoisotopic (exact) mass is 278 g/mol. The molecule has 0 spiro atoms. The number of hydrogen-bond acceptors (Lipinski definition) is 4. The maximum atomic E-state index is 12.8. The van der Waals surface area contributed by atoms with Gasteiger partial charge in [0.2, 0.25) is 0 Å². The molecule has 6 heteroatoms. The van der Waals surface area contributed by atoms with Crippen LogP contribution >= 0.6 is 0 Å². The molecule has 0 bridgehead atoms. The average Bonchev–Trinajstić information content (AvgIpc) is 2.25. The lowest BCUT2D eigenvalue weighted by molar-refractivity contribution is -0.209. The predicted octanol–water partition coefficient (Wildman–Crippen LogP) is 2.88. The Hall–Kier alpha value is -1.01. The van der Waals surface area contributed by atoms with Crippen molar-refractivity contribution >= 4 is 5.97 Å². The number of hydrogen-bond donors (Lipinski definition) is 0. The highest BCUT2D eigenvalue weighted by Crippen LogP contribution is 2.34. The van der Waals surface area contributed by atoms with E-state index in [-0.39, 0.29) is 12.0 Å². The zero-order chi connectivity index (χ0) is 14.8. The highest BCUT2D eigenvalue weighted by Gasteiger charge is 2.41. The van der Waals surface area contributed by atoms with Gasteiger partial charge < -0.3 is 14.2 Å². The van der Waals surface area contributed by atoms with Crippen molar-refractivity contribution < 1.29 is 27.8 Å². The maximum absolute atomic E-state index is 12.8. The molecular weight excluding hydrogens is 258 g/mol. The second-order valence-corrected chi connectivity index (χ2v) is 5.51. The van der Waals surface area contributed by atoms with Crippen molar-refractivity contribution in [1.82, 2.24) is 0 Å². The Labute approximate surface area is 111 Å². The first-order chi connectivity index (χ1) is 8.65. The van der Waals surface area contributed by atoms with Crippen molar-refractivity contribution in [2.45, 2.75) is 52.1 Å². The van der Waals surface area contributed by atoms with E-state index in [0.717, 1.165) is 0 Å². The topological polar surface area (TPSA) is 44.8 Å². The van der Waals surface area contributed by atoms with Gasteiger partial charge in [-0.15, -0.1) is 0 Å². The average molecular weight is 278 g/mol. The fourth-order valence-electron chi connectivity index (χ4n) is 1.90. The summed E-state index contributed by atoms with van der Waals surface area (Å²) in [5.41, 5.74) is -0.861. The first kappa shape index (κ1) is 16.0. The van der Waals surface area contributed by atoms with Crippen molar-refractivity contribution in [2.24, 2.45) is 5.92 Å². The van der Waals surface area contributed by atoms with Gasteiger partial charge in [0.05, 0.1) is 6.10 Å². The van der Waals surface area contributed by atoms with Gasteiger partial charge in [0.1, 0.15) is 11.5 Å². The molecule has 1 rings (SSSR count). The van der Waals surface area contributed by atoms with E-state index in [1.807, 2.05) is 0 Å². The highest BCUT2D eigenvalue weighted by molar-refractivity contribution is 5.74. The van der Waals surface area contributed by atoms with Crippen LogP contribution in [0.4, 0.5) is 8.78 Å². The van der Waals surface area contributed by atoms with E-state index < -0.39 is 36.0 Å². The van der Waals surface area contributed by atoms with Crippen LogP contribution in [-0.2, 0) is 19.0 Å². The highest BCUT2D eigenvalue weighted by atomic mass is 19.3. The number of carbonyl (C=O) groups is 1. The molecule has 4 nitrogen and oxygen atoms in total. The summed E-state index contributed by atoms with van der Waals surface area (Å²) in [6.45, 7) is 6.65. The molecule has 0 aromatic rings. The van der Waals surface area contributed by atoms with E-state index in [0.29, 0.717) is 0 Å². The normalized spacial score (nSPS) is 28.2. The number of methoxy groups -OCH3 is 1. The molecule has 0 N–H and O–H groups in total. The third-order valence-electron chi connectivity index (χ3n) is 2.78. The van der Waals surface area contributed by atoms with Gasteiger partial charge in [-0.2, -0.15) is 8.78 Å². The fourth-order valence-corrected chi connectivity index (χ4v) is 1.90. The van der Waals surface area contributed by atoms with E-state index in [2.05, 4.69) is 0 Å². The third kappa shape index (κ3) is 4.24. The van der Waals surface area contributed by atoms with E-state index in [9.17, 15) is 13.6 Å². The summed E-state index contributed by atoms with van der Waals surface area (Å²) < 4.78 is 41.1. The molecule has 0 saturated carbocycles. The zero-order valence-electron chi connectivity index (χ0n) is 11.8. The summed E-state index contributed by atoms with van der Waals surface area (Å²) in [6.07, 6.45) is -3.56. The molecule has 1 heterocycles. The molecular formula is C13H20F2O4. The van der Waals surface area contributed by atoms with Crippen LogP contribution in [0.5, 0.6) is 0 Å². The Bertz CT molecular complexity index is 369. The van der Waals surface area contributed by atoms with Crippen molar-refractivity contribution in [3.63, 3.8) is 0 Å². The van der Waals surface area contributed by atoms with Gasteiger partial charge in [-0.25, -0.2) is 0 Å². The lowest BCUT2D eigenvalue weighted by Gasteiger charge is -2.35. The molecule has 1 aliphatic rings. The Balaban J connectivity index is 2.90. The lowest BCUT2D eigenvalue weighted by atomic mass is 9.93. The van der Waals surface area contributed by atoms with Gasteiger partial charge in [0, 0.05) is 12.7 Å². The van der Waals surface area contributed by atoms with Crippen molar-refractivity contribution in [2.75, 3.05) is 7.11 Å². The van der Waals surface area contributed by atoms with Crippen LogP contribution in [0.15, 0.2) is 11.7 Å². The Morgan fingerprint density at radius 1 is 1.37 bits per heavy atom. The van der Waals surface area contributed by atoms with Gasteiger partial charge in [-0.05, 0) is 34.1 Å². The molecule has 0 aromatic heterocycles. The molecule has 1 aliphatic heterocycles. The van der Waals surface area contributed by atoms with Gasteiger partial charge in [-0.3, -0.25) is 4.79 Å². The van der Waals surface area contributed by atoms with Gasteiger partial charge in [0.15, 0.2) is 6.29 Å². The fraction of sp³-hybridized carbons (Fsp3) is 0.769. The second-order valence-electron chi connectivity index (χ2n) is 5.51. The minimum Gasteiger partial charge on any atom is -0.460 e. The minimum absolute atomic E-state index is 0.114. The second kappa shape index (κ2) is 5.96. The van der Waals surface area contributed by atoms with E-state index in [1.54, 1.807) is 20.8 Å². The maximum Gasteiger partial charge on any atom is 0.314 e. The van der Waals surface area contributed by atoms with Gasteiger partial charge >= 0.3 is 5.97 Å². The molecule has 19 heavy (non-hydrogen) atoms. The molecule has 0 amide bonds. The van der Waals surface area contributed by atoms with E-state index in [1.165, 1.54) is 14.0 Å². The summed E-state index contributed by atoms with van der Waals surface area (Å²) in [4.78, 5) is 12.0. The van der Waals surface area contributed by atoms with Crippen LogP contribution in [-0.4, -0.2) is 31.1 Å². The van der Waals surface area contributed by atoms with E-state index in [4.69, 9.17) is 14.2 Å². The largest absolute Gasteiger partial charge is 0.460 e. The van der Waals surface area contributed by atoms with Crippen molar-refractivity contribution in [3.8, 4) is 0 Å². The zero-order valence-corrected chi connectivity index (χ0v) is 11.8. The molecule has 1 fully saturated rings. The summed E-state index contributed by atoms with van der Waals surface area (Å²) in [7, 11) is 1.37. The number of ether oxygens (including phenoxy) is 3. The summed E-state index contributed by atoms with van der Waals surface area (Å²) >= 11 is 0. The van der Waals surface area contributed by atoms with Crippen LogP contribution in [0.1, 0.15) is 34.1 Å². The quantitative estimate of drug-likeness (QED) is 0.729. The van der Waals surface area contributed by atoms with Crippen molar-refractivity contribution in [3.05, 3.63) is 11.7 Å². The van der Waals surface area contributed by atoms with Gasteiger partial charge in [-0.1, -0.05) is 0 Å². The first-order valence-electron chi connectivity index (χ1n) is 6.11. The van der Waals surface area contributed by atoms with Crippen LogP contribution in [0.2, 0.25) is 0 Å². The Morgan fingerprint density at radius 3 is 2.37 bits per heavy atom. The molecule has 0 aliphatic carbocycles. The van der Waals surface area contributed by atoms with Crippen LogP contribution < -0.4 is 0 Å². The Morgan fingerprint density at radius 2 is 1.95 bits per heavy atom.